The van der Waals surface area contributed by atoms with Crippen molar-refractivity contribution < 1.29 is 37.1 Å². The summed E-state index contributed by atoms with van der Waals surface area (Å²) < 4.78 is 48.9. The average molecular weight is 394 g/mol. The number of ether oxygens (including phenoxy) is 2. The third-order valence-corrected chi connectivity index (χ3v) is 4.82. The average Bonchev–Trinajstić information content (AvgIpc) is 3.04. The summed E-state index contributed by atoms with van der Waals surface area (Å²) in [5.41, 5.74) is 2.21. The van der Waals surface area contributed by atoms with E-state index in [0.29, 0.717) is 6.04 Å². The first kappa shape index (κ1) is 21.6. The molecule has 0 amide bonds. The number of aryl methyl sites for hydroxylation is 2. The number of aromatic nitrogens is 1. The van der Waals surface area contributed by atoms with E-state index in [-0.39, 0.29) is 12.2 Å². The van der Waals surface area contributed by atoms with Gasteiger partial charge in [0, 0.05) is 31.3 Å². The monoisotopic (exact) mass is 394 g/mol. The Balaban J connectivity index is 0.000000321. The molecule has 27 heavy (non-hydrogen) atoms. The third-order valence-electron chi connectivity index (χ3n) is 4.82. The van der Waals surface area contributed by atoms with Crippen molar-refractivity contribution in [2.75, 3.05) is 19.8 Å². The second kappa shape index (κ2) is 9.03. The first-order valence-electron chi connectivity index (χ1n) is 8.84. The zero-order chi connectivity index (χ0) is 20.2. The number of hydrogen-bond donors (Lipinski definition) is 1. The van der Waals surface area contributed by atoms with Crippen LogP contribution in [0, 0.1) is 13.8 Å². The highest BCUT2D eigenvalue weighted by atomic mass is 19.4. The number of carboxylic acid groups (broad SMARTS) is 1. The molecule has 1 aromatic rings. The molecule has 2 fully saturated rings. The van der Waals surface area contributed by atoms with Crippen molar-refractivity contribution in [1.82, 2.24) is 10.1 Å². The van der Waals surface area contributed by atoms with Gasteiger partial charge in [-0.2, -0.15) is 13.2 Å². The Labute approximate surface area is 155 Å². The maximum Gasteiger partial charge on any atom is 0.490 e. The molecule has 154 valence electrons. The normalized spacial score (nSPS) is 25.6. The fraction of sp³-hybridized carbons (Fsp3) is 0.765. The van der Waals surface area contributed by atoms with E-state index in [1.807, 2.05) is 13.8 Å². The van der Waals surface area contributed by atoms with Crippen LogP contribution in [-0.4, -0.2) is 65.3 Å². The summed E-state index contributed by atoms with van der Waals surface area (Å²) >= 11 is 0. The van der Waals surface area contributed by atoms with E-state index in [9.17, 15) is 13.2 Å². The van der Waals surface area contributed by atoms with E-state index in [4.69, 9.17) is 23.9 Å². The van der Waals surface area contributed by atoms with Gasteiger partial charge in [0.15, 0.2) is 0 Å². The number of fused-ring (bicyclic) bond motifs is 2. The van der Waals surface area contributed by atoms with Crippen molar-refractivity contribution in [3.05, 3.63) is 17.0 Å². The lowest BCUT2D eigenvalue weighted by atomic mass is 10.1. The Morgan fingerprint density at radius 2 is 2.04 bits per heavy atom. The van der Waals surface area contributed by atoms with E-state index in [2.05, 4.69) is 17.0 Å². The molecule has 1 N–H and O–H groups in total. The molecule has 1 aromatic heterocycles. The molecular formula is C17H25F3N2O5. The fourth-order valence-corrected chi connectivity index (χ4v) is 3.50. The molecule has 2 aliphatic rings. The van der Waals surface area contributed by atoms with Crippen molar-refractivity contribution >= 4 is 5.97 Å². The molecule has 1 saturated heterocycles. The quantitative estimate of drug-likeness (QED) is 0.840. The van der Waals surface area contributed by atoms with Crippen LogP contribution in [0.4, 0.5) is 13.2 Å². The Morgan fingerprint density at radius 3 is 2.56 bits per heavy atom. The Kier molecular flexibility index (Phi) is 7.24. The maximum absolute atomic E-state index is 10.6. The standard InChI is InChI=1S/C15H24N2O3.C2HF3O2/c1-4-18-15-13-5-6-14(15)19-8-7-17(13)9-12-10(2)16-20-11(12)3;3-2(4,5)1(6)7/h13-15H,4-9H2,1-3H3;(H,6,7). The van der Waals surface area contributed by atoms with Crippen LogP contribution >= 0.6 is 0 Å². The molecule has 3 unspecified atom stereocenters. The number of carbonyl (C=O) groups is 1. The number of aliphatic carboxylic acids is 1. The van der Waals surface area contributed by atoms with Crippen LogP contribution in [0.25, 0.3) is 0 Å². The molecule has 3 rings (SSSR count). The van der Waals surface area contributed by atoms with Gasteiger partial charge in [0.1, 0.15) is 5.76 Å². The first-order chi connectivity index (χ1) is 12.6. The lowest BCUT2D eigenvalue weighted by Gasteiger charge is -2.30. The van der Waals surface area contributed by atoms with Gasteiger partial charge in [-0.3, -0.25) is 4.90 Å². The highest BCUT2D eigenvalue weighted by Gasteiger charge is 2.43. The molecule has 3 atom stereocenters. The molecule has 2 heterocycles. The summed E-state index contributed by atoms with van der Waals surface area (Å²) in [6.07, 6.45) is -2.34. The van der Waals surface area contributed by atoms with Crippen molar-refractivity contribution in [3.8, 4) is 0 Å². The van der Waals surface area contributed by atoms with Crippen LogP contribution in [0.3, 0.4) is 0 Å². The maximum atomic E-state index is 10.6. The van der Waals surface area contributed by atoms with Crippen molar-refractivity contribution in [2.24, 2.45) is 0 Å². The summed E-state index contributed by atoms with van der Waals surface area (Å²) in [6, 6.07) is 0.455. The minimum absolute atomic E-state index is 0.211. The second-order valence-corrected chi connectivity index (χ2v) is 6.55. The van der Waals surface area contributed by atoms with Crippen LogP contribution in [0.2, 0.25) is 0 Å². The zero-order valence-corrected chi connectivity index (χ0v) is 15.6. The molecule has 1 saturated carbocycles. The highest BCUT2D eigenvalue weighted by molar-refractivity contribution is 5.73. The topological polar surface area (TPSA) is 85.0 Å². The highest BCUT2D eigenvalue weighted by Crippen LogP contribution is 2.33. The molecule has 1 aliphatic heterocycles. The molecule has 10 heteroatoms. The molecule has 1 aliphatic carbocycles. The summed E-state index contributed by atoms with van der Waals surface area (Å²) in [5, 5.41) is 11.2. The molecule has 0 spiro atoms. The predicted molar refractivity (Wildman–Crippen MR) is 88.3 cm³/mol. The summed E-state index contributed by atoms with van der Waals surface area (Å²) in [7, 11) is 0. The first-order valence-corrected chi connectivity index (χ1v) is 8.84. The van der Waals surface area contributed by atoms with Gasteiger partial charge in [-0.1, -0.05) is 5.16 Å². The van der Waals surface area contributed by atoms with Crippen LogP contribution < -0.4 is 0 Å². The van der Waals surface area contributed by atoms with Gasteiger partial charge in [0.05, 0.1) is 24.5 Å². The Hall–Kier alpha value is -1.65. The van der Waals surface area contributed by atoms with Crippen molar-refractivity contribution in [2.45, 2.75) is 64.6 Å². The Morgan fingerprint density at radius 1 is 1.37 bits per heavy atom. The predicted octanol–water partition coefficient (Wildman–Crippen LogP) is 2.69. The van der Waals surface area contributed by atoms with Gasteiger partial charge < -0.3 is 19.1 Å². The van der Waals surface area contributed by atoms with Gasteiger partial charge in [-0.25, -0.2) is 4.79 Å². The van der Waals surface area contributed by atoms with Crippen LogP contribution in [0.5, 0.6) is 0 Å². The Bertz CT molecular complexity index is 615. The molecular weight excluding hydrogens is 369 g/mol. The van der Waals surface area contributed by atoms with E-state index in [0.717, 1.165) is 50.6 Å². The smallest absolute Gasteiger partial charge is 0.475 e. The SMILES string of the molecule is CCOC1C2CCC1N(Cc1c(C)noc1C)CCO2.O=C(O)C(F)(F)F. The van der Waals surface area contributed by atoms with Gasteiger partial charge >= 0.3 is 12.1 Å². The summed E-state index contributed by atoms with van der Waals surface area (Å²) in [4.78, 5) is 11.4. The zero-order valence-electron chi connectivity index (χ0n) is 15.6. The number of nitrogens with zero attached hydrogens (tertiary/aromatic N) is 2. The molecule has 2 bridgehead atoms. The van der Waals surface area contributed by atoms with E-state index >= 15 is 0 Å². The van der Waals surface area contributed by atoms with Gasteiger partial charge in [-0.05, 0) is 33.6 Å². The minimum Gasteiger partial charge on any atom is -0.475 e. The third kappa shape index (κ3) is 5.43. The molecule has 0 aromatic carbocycles. The number of halogens is 3. The fourth-order valence-electron chi connectivity index (χ4n) is 3.50. The molecule has 0 radical (unpaired) electrons. The minimum atomic E-state index is -5.08. The van der Waals surface area contributed by atoms with E-state index in [1.165, 1.54) is 5.56 Å². The summed E-state index contributed by atoms with van der Waals surface area (Å²) in [6.45, 7) is 9.43. The molecule has 7 nitrogen and oxygen atoms in total. The number of rotatable bonds is 4. The van der Waals surface area contributed by atoms with Crippen LogP contribution in [0.1, 0.15) is 36.8 Å². The van der Waals surface area contributed by atoms with E-state index < -0.39 is 12.1 Å². The number of carboxylic acids is 1. The van der Waals surface area contributed by atoms with Crippen LogP contribution in [-0.2, 0) is 20.8 Å². The second-order valence-electron chi connectivity index (χ2n) is 6.55. The van der Waals surface area contributed by atoms with Crippen molar-refractivity contribution in [3.63, 3.8) is 0 Å². The largest absolute Gasteiger partial charge is 0.490 e. The lowest BCUT2D eigenvalue weighted by Crippen LogP contribution is -2.43. The van der Waals surface area contributed by atoms with Gasteiger partial charge in [-0.15, -0.1) is 0 Å². The van der Waals surface area contributed by atoms with Crippen molar-refractivity contribution in [1.29, 1.82) is 0 Å². The van der Waals surface area contributed by atoms with Crippen LogP contribution in [0.15, 0.2) is 4.52 Å². The lowest BCUT2D eigenvalue weighted by molar-refractivity contribution is -0.192. The number of alkyl halides is 3. The number of hydrogen-bond acceptors (Lipinski definition) is 6. The van der Waals surface area contributed by atoms with E-state index in [1.54, 1.807) is 0 Å². The van der Waals surface area contributed by atoms with Gasteiger partial charge in [0.2, 0.25) is 0 Å². The van der Waals surface area contributed by atoms with Gasteiger partial charge in [0.25, 0.3) is 0 Å². The summed E-state index contributed by atoms with van der Waals surface area (Å²) in [5.74, 6) is -1.83.